The summed E-state index contributed by atoms with van der Waals surface area (Å²) in [6, 6.07) is 4.26. The first-order valence-corrected chi connectivity index (χ1v) is 6.54. The highest BCUT2D eigenvalue weighted by atomic mass is 16.1. The van der Waals surface area contributed by atoms with E-state index in [2.05, 4.69) is 5.32 Å². The van der Waals surface area contributed by atoms with E-state index in [0.717, 1.165) is 29.5 Å². The largest absolute Gasteiger partial charge is 0.350 e. The number of aryl methyl sites for hydroxylation is 3. The van der Waals surface area contributed by atoms with Gasteiger partial charge in [-0.3, -0.25) is 4.79 Å². The first-order chi connectivity index (χ1) is 8.45. The molecule has 0 fully saturated rings. The fraction of sp³-hybridized carbons (Fsp3) is 0.533. The number of nitrogens with two attached hydrogens (primary N) is 1. The van der Waals surface area contributed by atoms with Crippen molar-refractivity contribution < 1.29 is 4.79 Å². The zero-order valence-corrected chi connectivity index (χ0v) is 11.8. The van der Waals surface area contributed by atoms with E-state index >= 15 is 0 Å². The Bertz CT molecular complexity index is 403. The highest BCUT2D eigenvalue weighted by Gasteiger charge is 2.14. The minimum Gasteiger partial charge on any atom is -0.350 e. The first-order valence-electron chi connectivity index (χ1n) is 6.54. The van der Waals surface area contributed by atoms with Crippen molar-refractivity contribution in [1.29, 1.82) is 0 Å². The lowest BCUT2D eigenvalue weighted by atomic mass is 9.99. The van der Waals surface area contributed by atoms with Gasteiger partial charge in [0.2, 0.25) is 0 Å². The Morgan fingerprint density at radius 1 is 1.28 bits per heavy atom. The third kappa shape index (κ3) is 3.84. The van der Waals surface area contributed by atoms with Gasteiger partial charge in [0.25, 0.3) is 5.91 Å². The Morgan fingerprint density at radius 2 is 1.83 bits per heavy atom. The number of hydrogen-bond donors (Lipinski definition) is 2. The quantitative estimate of drug-likeness (QED) is 0.841. The van der Waals surface area contributed by atoms with Gasteiger partial charge in [-0.25, -0.2) is 0 Å². The van der Waals surface area contributed by atoms with Crippen LogP contribution in [0.1, 0.15) is 46.8 Å². The van der Waals surface area contributed by atoms with Gasteiger partial charge >= 0.3 is 0 Å². The number of carbonyl (C=O) groups excluding carboxylic acids is 1. The molecule has 1 rings (SSSR count). The molecule has 0 aromatic heterocycles. The summed E-state index contributed by atoms with van der Waals surface area (Å²) in [6.45, 7) is 8.71. The molecule has 0 aliphatic carbocycles. The Labute approximate surface area is 110 Å². The van der Waals surface area contributed by atoms with Crippen molar-refractivity contribution in [2.24, 2.45) is 5.73 Å². The van der Waals surface area contributed by atoms with Gasteiger partial charge in [0, 0.05) is 11.6 Å². The standard InChI is InChI=1S/C15H24N2O/c1-10-8-11(2)14(12(3)9-10)15(18)17-13(4)6-5-7-16/h8-9,13H,5-7,16H2,1-4H3,(H,17,18). The van der Waals surface area contributed by atoms with Crippen LogP contribution in [0.3, 0.4) is 0 Å². The average Bonchev–Trinajstić information content (AvgIpc) is 2.24. The molecule has 3 N–H and O–H groups in total. The molecule has 0 saturated carbocycles. The minimum absolute atomic E-state index is 0.0227. The molecule has 1 aromatic carbocycles. The average molecular weight is 248 g/mol. The molecule has 0 heterocycles. The SMILES string of the molecule is Cc1cc(C)c(C(=O)NC(C)CCCN)c(C)c1. The Morgan fingerprint density at radius 3 is 2.33 bits per heavy atom. The predicted octanol–water partition coefficient (Wildman–Crippen LogP) is 2.47. The molecule has 0 radical (unpaired) electrons. The lowest BCUT2D eigenvalue weighted by molar-refractivity contribution is 0.0937. The second-order valence-electron chi connectivity index (χ2n) is 5.08. The van der Waals surface area contributed by atoms with Crippen LogP contribution >= 0.6 is 0 Å². The normalized spacial score (nSPS) is 12.3. The number of amides is 1. The van der Waals surface area contributed by atoms with Crippen LogP contribution < -0.4 is 11.1 Å². The molecule has 0 saturated heterocycles. The maximum absolute atomic E-state index is 12.2. The van der Waals surface area contributed by atoms with Crippen molar-refractivity contribution in [2.45, 2.75) is 46.6 Å². The molecule has 1 amide bonds. The number of rotatable bonds is 5. The molecule has 18 heavy (non-hydrogen) atoms. The van der Waals surface area contributed by atoms with Gasteiger partial charge in [-0.1, -0.05) is 17.7 Å². The van der Waals surface area contributed by atoms with Crippen LogP contribution in [-0.4, -0.2) is 18.5 Å². The lowest BCUT2D eigenvalue weighted by Gasteiger charge is -2.16. The van der Waals surface area contributed by atoms with E-state index in [9.17, 15) is 4.79 Å². The van der Waals surface area contributed by atoms with Gasteiger partial charge in [0.15, 0.2) is 0 Å². The fourth-order valence-electron chi connectivity index (χ4n) is 2.33. The predicted molar refractivity (Wildman–Crippen MR) is 75.9 cm³/mol. The summed E-state index contributed by atoms with van der Waals surface area (Å²) in [6.07, 6.45) is 1.86. The highest BCUT2D eigenvalue weighted by Crippen LogP contribution is 2.16. The smallest absolute Gasteiger partial charge is 0.252 e. The third-order valence-corrected chi connectivity index (χ3v) is 3.12. The molecule has 3 nitrogen and oxygen atoms in total. The molecule has 0 spiro atoms. The summed E-state index contributed by atoms with van der Waals surface area (Å²) in [5, 5.41) is 3.04. The summed E-state index contributed by atoms with van der Waals surface area (Å²) in [4.78, 5) is 12.2. The lowest BCUT2D eigenvalue weighted by Crippen LogP contribution is -2.33. The van der Waals surface area contributed by atoms with Crippen LogP contribution in [0.25, 0.3) is 0 Å². The Kier molecular flexibility index (Phi) is 5.35. The van der Waals surface area contributed by atoms with Crippen molar-refractivity contribution >= 4 is 5.91 Å². The monoisotopic (exact) mass is 248 g/mol. The maximum Gasteiger partial charge on any atom is 0.252 e. The van der Waals surface area contributed by atoms with Gasteiger partial charge < -0.3 is 11.1 Å². The fourth-order valence-corrected chi connectivity index (χ4v) is 2.33. The molecule has 1 atom stereocenters. The molecule has 0 aliphatic heterocycles. The second-order valence-corrected chi connectivity index (χ2v) is 5.08. The molecule has 0 bridgehead atoms. The minimum atomic E-state index is 0.0227. The van der Waals surface area contributed by atoms with Crippen LogP contribution in [0.5, 0.6) is 0 Å². The van der Waals surface area contributed by atoms with Crippen molar-refractivity contribution in [1.82, 2.24) is 5.32 Å². The van der Waals surface area contributed by atoms with Crippen molar-refractivity contribution in [3.63, 3.8) is 0 Å². The number of hydrogen-bond acceptors (Lipinski definition) is 2. The topological polar surface area (TPSA) is 55.1 Å². The Balaban J connectivity index is 2.78. The van der Waals surface area contributed by atoms with Gasteiger partial charge in [-0.05, 0) is 58.2 Å². The van der Waals surface area contributed by atoms with Gasteiger partial charge in [-0.15, -0.1) is 0 Å². The van der Waals surface area contributed by atoms with Crippen LogP contribution in [-0.2, 0) is 0 Å². The summed E-state index contributed by atoms with van der Waals surface area (Å²) in [5.41, 5.74) is 9.54. The van der Waals surface area contributed by atoms with E-state index in [4.69, 9.17) is 5.73 Å². The zero-order chi connectivity index (χ0) is 13.7. The maximum atomic E-state index is 12.2. The van der Waals surface area contributed by atoms with Gasteiger partial charge in [-0.2, -0.15) is 0 Å². The van der Waals surface area contributed by atoms with Gasteiger partial charge in [0.1, 0.15) is 0 Å². The van der Waals surface area contributed by atoms with E-state index in [0.29, 0.717) is 6.54 Å². The molecule has 3 heteroatoms. The van der Waals surface area contributed by atoms with Crippen LogP contribution in [0.2, 0.25) is 0 Å². The highest BCUT2D eigenvalue weighted by molar-refractivity contribution is 5.97. The second kappa shape index (κ2) is 6.55. The number of carbonyl (C=O) groups is 1. The van der Waals surface area contributed by atoms with Gasteiger partial charge in [0.05, 0.1) is 0 Å². The van der Waals surface area contributed by atoms with E-state index in [-0.39, 0.29) is 11.9 Å². The molecular formula is C15H24N2O. The van der Waals surface area contributed by atoms with Crippen LogP contribution in [0, 0.1) is 20.8 Å². The number of benzene rings is 1. The molecule has 1 unspecified atom stereocenters. The third-order valence-electron chi connectivity index (χ3n) is 3.12. The summed E-state index contributed by atoms with van der Waals surface area (Å²) in [7, 11) is 0. The van der Waals surface area contributed by atoms with Crippen molar-refractivity contribution in [3.8, 4) is 0 Å². The van der Waals surface area contributed by atoms with Crippen molar-refractivity contribution in [3.05, 3.63) is 34.4 Å². The van der Waals surface area contributed by atoms with Crippen LogP contribution in [0.15, 0.2) is 12.1 Å². The summed E-state index contributed by atoms with van der Waals surface area (Å²) in [5.74, 6) is 0.0227. The molecule has 0 aliphatic rings. The van der Waals surface area contributed by atoms with E-state index in [1.807, 2.05) is 39.8 Å². The van der Waals surface area contributed by atoms with E-state index in [1.54, 1.807) is 0 Å². The Hall–Kier alpha value is -1.35. The zero-order valence-electron chi connectivity index (χ0n) is 11.8. The summed E-state index contributed by atoms with van der Waals surface area (Å²) < 4.78 is 0. The molecular weight excluding hydrogens is 224 g/mol. The van der Waals surface area contributed by atoms with E-state index in [1.165, 1.54) is 5.56 Å². The van der Waals surface area contributed by atoms with E-state index < -0.39 is 0 Å². The van der Waals surface area contributed by atoms with Crippen LogP contribution in [0.4, 0.5) is 0 Å². The summed E-state index contributed by atoms with van der Waals surface area (Å²) >= 11 is 0. The molecule has 1 aromatic rings. The number of nitrogens with one attached hydrogen (secondary N) is 1. The van der Waals surface area contributed by atoms with Crippen molar-refractivity contribution in [2.75, 3.05) is 6.54 Å². The molecule has 100 valence electrons. The first kappa shape index (κ1) is 14.7.